The van der Waals surface area contributed by atoms with Gasteiger partial charge < -0.3 is 10.0 Å². The molecular weight excluding hydrogens is 284 g/mol. The van der Waals surface area contributed by atoms with Crippen LogP contribution >= 0.6 is 0 Å². The highest BCUT2D eigenvalue weighted by Gasteiger charge is 2.48. The number of likely N-dealkylation sites (N-methyl/N-ethyl adjacent to an activating group) is 1. The smallest absolute Gasteiger partial charge is 0.115 e. The van der Waals surface area contributed by atoms with Crippen LogP contribution in [0.25, 0.3) is 0 Å². The third-order valence-corrected chi connectivity index (χ3v) is 6.71. The van der Waals surface area contributed by atoms with Crippen molar-refractivity contribution >= 4 is 0 Å². The molecule has 1 saturated heterocycles. The fourth-order valence-electron chi connectivity index (χ4n) is 4.78. The molecule has 1 aliphatic heterocycles. The number of hydrogen-bond donors (Lipinski definition) is 1. The van der Waals surface area contributed by atoms with Gasteiger partial charge in [0.25, 0.3) is 0 Å². The van der Waals surface area contributed by atoms with Crippen LogP contribution in [-0.2, 0) is 11.8 Å². The summed E-state index contributed by atoms with van der Waals surface area (Å²) in [5.41, 5.74) is 3.05. The highest BCUT2D eigenvalue weighted by molar-refractivity contribution is 5.44. The predicted octanol–water partition coefficient (Wildman–Crippen LogP) is 3.26. The van der Waals surface area contributed by atoms with Gasteiger partial charge in [-0.3, -0.25) is 4.90 Å². The van der Waals surface area contributed by atoms with E-state index < -0.39 is 0 Å². The molecule has 3 heteroatoms. The lowest BCUT2D eigenvalue weighted by Crippen LogP contribution is -2.58. The molecule has 128 valence electrons. The maximum atomic E-state index is 9.92. The molecule has 0 saturated carbocycles. The molecule has 2 bridgehead atoms. The summed E-state index contributed by atoms with van der Waals surface area (Å²) >= 11 is 0. The number of nitrogens with zero attached hydrogens (tertiary/aromatic N) is 2. The number of piperidine rings is 1. The molecule has 1 N–H and O–H groups in total. The Morgan fingerprint density at radius 1 is 1.30 bits per heavy atom. The average Bonchev–Trinajstić information content (AvgIpc) is 2.54. The van der Waals surface area contributed by atoms with Crippen molar-refractivity contribution in [3.05, 3.63) is 29.3 Å². The first-order chi connectivity index (χ1) is 11.0. The summed E-state index contributed by atoms with van der Waals surface area (Å²) in [6.07, 6.45) is 2.32. The Morgan fingerprint density at radius 2 is 2.04 bits per heavy atom. The van der Waals surface area contributed by atoms with Crippen LogP contribution in [-0.4, -0.2) is 53.7 Å². The number of phenols is 1. The predicted molar refractivity (Wildman–Crippen MR) is 96.1 cm³/mol. The summed E-state index contributed by atoms with van der Waals surface area (Å²) < 4.78 is 0. The number of hydrogen-bond acceptors (Lipinski definition) is 3. The van der Waals surface area contributed by atoms with Gasteiger partial charge in [-0.25, -0.2) is 0 Å². The summed E-state index contributed by atoms with van der Waals surface area (Å²) in [6.45, 7) is 15.2. The summed E-state index contributed by atoms with van der Waals surface area (Å²) in [7, 11) is 0. The minimum absolute atomic E-state index is 0.211. The van der Waals surface area contributed by atoms with Crippen LogP contribution in [0.5, 0.6) is 5.75 Å². The van der Waals surface area contributed by atoms with E-state index in [0.717, 1.165) is 19.5 Å². The van der Waals surface area contributed by atoms with Gasteiger partial charge in [0, 0.05) is 19.1 Å². The summed E-state index contributed by atoms with van der Waals surface area (Å²) in [5.74, 6) is 1.06. The number of fused-ring (bicyclic) bond motifs is 4. The minimum atomic E-state index is 0.211. The third-order valence-electron chi connectivity index (χ3n) is 6.71. The SMILES string of the molecule is CCN(CC)CCN1CC[C@]2(C)c3cc(O)ccc3C[C@H]1[C@H]2C. The Labute approximate surface area is 141 Å². The molecular formula is C20H32N2O. The van der Waals surface area contributed by atoms with Gasteiger partial charge in [-0.1, -0.05) is 33.8 Å². The van der Waals surface area contributed by atoms with Gasteiger partial charge in [0.2, 0.25) is 0 Å². The van der Waals surface area contributed by atoms with Crippen molar-refractivity contribution in [2.45, 2.75) is 52.0 Å². The Bertz CT molecular complexity index is 555. The number of likely N-dealkylation sites (tertiary alicyclic amines) is 1. The number of rotatable bonds is 5. The maximum absolute atomic E-state index is 9.92. The Balaban J connectivity index is 1.81. The molecule has 0 aromatic heterocycles. The first-order valence-electron chi connectivity index (χ1n) is 9.28. The minimum Gasteiger partial charge on any atom is -0.508 e. The largest absolute Gasteiger partial charge is 0.508 e. The van der Waals surface area contributed by atoms with Crippen molar-refractivity contribution in [3.8, 4) is 5.75 Å². The normalized spacial score (nSPS) is 30.5. The molecule has 1 aromatic rings. The Hall–Kier alpha value is -1.06. The molecule has 2 aliphatic rings. The topological polar surface area (TPSA) is 26.7 Å². The molecule has 0 spiro atoms. The monoisotopic (exact) mass is 316 g/mol. The van der Waals surface area contributed by atoms with Crippen molar-refractivity contribution in [1.82, 2.24) is 9.80 Å². The molecule has 1 fully saturated rings. The van der Waals surface area contributed by atoms with Crippen molar-refractivity contribution < 1.29 is 5.11 Å². The number of aromatic hydroxyl groups is 1. The second-order valence-corrected chi connectivity index (χ2v) is 7.63. The zero-order valence-corrected chi connectivity index (χ0v) is 15.2. The average molecular weight is 316 g/mol. The van der Waals surface area contributed by atoms with Gasteiger partial charge in [0.1, 0.15) is 5.75 Å². The third kappa shape index (κ3) is 2.89. The van der Waals surface area contributed by atoms with E-state index in [0.29, 0.717) is 17.7 Å². The van der Waals surface area contributed by atoms with E-state index in [1.54, 1.807) is 0 Å². The lowest BCUT2D eigenvalue weighted by molar-refractivity contribution is 0.0256. The van der Waals surface area contributed by atoms with Crippen molar-refractivity contribution in [2.24, 2.45) is 5.92 Å². The summed E-state index contributed by atoms with van der Waals surface area (Å²) in [5, 5.41) is 9.92. The van der Waals surface area contributed by atoms with Gasteiger partial charge in [0.05, 0.1) is 0 Å². The zero-order valence-electron chi connectivity index (χ0n) is 15.2. The molecule has 1 aromatic carbocycles. The molecule has 3 nitrogen and oxygen atoms in total. The number of phenolic OH excluding ortho intramolecular Hbond substituents is 1. The highest BCUT2D eigenvalue weighted by Crippen LogP contribution is 2.49. The maximum Gasteiger partial charge on any atom is 0.115 e. The second-order valence-electron chi connectivity index (χ2n) is 7.63. The van der Waals surface area contributed by atoms with E-state index in [4.69, 9.17) is 0 Å². The van der Waals surface area contributed by atoms with Gasteiger partial charge in [-0.2, -0.15) is 0 Å². The fourth-order valence-corrected chi connectivity index (χ4v) is 4.78. The van der Waals surface area contributed by atoms with E-state index in [1.165, 1.54) is 37.2 Å². The van der Waals surface area contributed by atoms with Crippen LogP contribution in [0.4, 0.5) is 0 Å². The Morgan fingerprint density at radius 3 is 2.74 bits per heavy atom. The highest BCUT2D eigenvalue weighted by atomic mass is 16.3. The van der Waals surface area contributed by atoms with Crippen LogP contribution in [0.1, 0.15) is 45.2 Å². The van der Waals surface area contributed by atoms with Crippen molar-refractivity contribution in [1.29, 1.82) is 0 Å². The van der Waals surface area contributed by atoms with Crippen molar-refractivity contribution in [3.63, 3.8) is 0 Å². The van der Waals surface area contributed by atoms with Crippen LogP contribution in [0, 0.1) is 5.92 Å². The molecule has 0 amide bonds. The van der Waals surface area contributed by atoms with E-state index in [-0.39, 0.29) is 5.41 Å². The molecule has 0 radical (unpaired) electrons. The molecule has 23 heavy (non-hydrogen) atoms. The summed E-state index contributed by atoms with van der Waals surface area (Å²) in [4.78, 5) is 5.24. The van der Waals surface area contributed by atoms with Crippen LogP contribution < -0.4 is 0 Å². The van der Waals surface area contributed by atoms with E-state index in [1.807, 2.05) is 12.1 Å². The molecule has 3 atom stereocenters. The fraction of sp³-hybridized carbons (Fsp3) is 0.700. The molecule has 0 unspecified atom stereocenters. The summed E-state index contributed by atoms with van der Waals surface area (Å²) in [6, 6.07) is 6.67. The molecule has 1 aliphatic carbocycles. The van der Waals surface area contributed by atoms with Gasteiger partial charge in [0.15, 0.2) is 0 Å². The van der Waals surface area contributed by atoms with Gasteiger partial charge in [-0.05, 0) is 67.1 Å². The molecule has 3 rings (SSSR count). The molecule has 1 heterocycles. The van der Waals surface area contributed by atoms with E-state index in [9.17, 15) is 5.11 Å². The first kappa shape index (κ1) is 16.8. The lowest BCUT2D eigenvalue weighted by atomic mass is 9.59. The van der Waals surface area contributed by atoms with Crippen LogP contribution in [0.2, 0.25) is 0 Å². The van der Waals surface area contributed by atoms with Crippen LogP contribution in [0.3, 0.4) is 0 Å². The van der Waals surface area contributed by atoms with Gasteiger partial charge in [-0.15, -0.1) is 0 Å². The standard InChI is InChI=1S/C20H32N2O/c1-5-21(6-2)11-12-22-10-9-20(4)15(3)19(22)13-16-7-8-17(23)14-18(16)20/h7-8,14-15,19,23H,5-6,9-13H2,1-4H3/t15-,19+,20+/m1/s1. The quantitative estimate of drug-likeness (QED) is 0.903. The lowest BCUT2D eigenvalue weighted by Gasteiger charge is -2.55. The Kier molecular flexibility index (Phi) is 4.70. The van der Waals surface area contributed by atoms with Crippen molar-refractivity contribution in [2.75, 3.05) is 32.7 Å². The van der Waals surface area contributed by atoms with E-state index >= 15 is 0 Å². The second kappa shape index (κ2) is 6.45. The van der Waals surface area contributed by atoms with E-state index in [2.05, 4.69) is 43.6 Å². The van der Waals surface area contributed by atoms with Crippen LogP contribution in [0.15, 0.2) is 18.2 Å². The number of benzene rings is 1. The van der Waals surface area contributed by atoms with Gasteiger partial charge >= 0.3 is 0 Å². The first-order valence-corrected chi connectivity index (χ1v) is 9.28. The zero-order chi connectivity index (χ0) is 16.6.